The topological polar surface area (TPSA) is 53.9 Å². The lowest BCUT2D eigenvalue weighted by molar-refractivity contribution is -0.895. The van der Waals surface area contributed by atoms with E-state index in [4.69, 9.17) is 23.2 Å². The average Bonchev–Trinajstić information content (AvgIpc) is 2.68. The quantitative estimate of drug-likeness (QED) is 0.732. The molecule has 5 nitrogen and oxygen atoms in total. The zero-order chi connectivity index (χ0) is 19.9. The number of para-hydroxylation sites is 1. The van der Waals surface area contributed by atoms with E-state index in [2.05, 4.69) is 5.32 Å². The number of nitrogens with one attached hydrogen (secondary N) is 2. The Morgan fingerprint density at radius 1 is 1.07 bits per heavy atom. The Kier molecular flexibility index (Phi) is 7.09. The van der Waals surface area contributed by atoms with Crippen molar-refractivity contribution in [2.24, 2.45) is 0 Å². The number of anilines is 1. The fourth-order valence-corrected chi connectivity index (χ4v) is 3.47. The molecule has 0 atom stereocenters. The average molecular weight is 419 g/mol. The Hall–Kier alpha value is -2.34. The van der Waals surface area contributed by atoms with Crippen molar-refractivity contribution in [3.8, 4) is 0 Å². The van der Waals surface area contributed by atoms with Crippen LogP contribution >= 0.6 is 23.2 Å². The maximum Gasteiger partial charge on any atom is 0.279 e. The molecule has 0 unspecified atom stereocenters. The van der Waals surface area contributed by atoms with E-state index in [0.29, 0.717) is 35.4 Å². The van der Waals surface area contributed by atoms with E-state index in [0.717, 1.165) is 23.6 Å². The van der Waals surface area contributed by atoms with E-state index in [-0.39, 0.29) is 11.8 Å². The van der Waals surface area contributed by atoms with E-state index in [1.807, 2.05) is 30.3 Å². The summed E-state index contributed by atoms with van der Waals surface area (Å²) in [5.74, 6) is -0.108. The summed E-state index contributed by atoms with van der Waals surface area (Å²) in [7, 11) is 0. The summed E-state index contributed by atoms with van der Waals surface area (Å²) < 4.78 is 0. The normalized spacial score (nSPS) is 15.0. The fourth-order valence-electron chi connectivity index (χ4n) is 3.09. The number of amides is 2. The second kappa shape index (κ2) is 9.73. The molecule has 0 bridgehead atoms. The van der Waals surface area contributed by atoms with E-state index >= 15 is 0 Å². The molecule has 1 saturated heterocycles. The minimum absolute atomic E-state index is 0.0282. The number of carbonyl (C=O) groups excluding carboxylic acids is 2. The van der Waals surface area contributed by atoms with Gasteiger partial charge in [-0.1, -0.05) is 47.5 Å². The summed E-state index contributed by atoms with van der Waals surface area (Å²) >= 11 is 12.0. The maximum atomic E-state index is 12.4. The van der Waals surface area contributed by atoms with Crippen molar-refractivity contribution in [1.82, 2.24) is 4.90 Å². The number of benzene rings is 2. The van der Waals surface area contributed by atoms with E-state index < -0.39 is 0 Å². The molecule has 0 aromatic heterocycles. The van der Waals surface area contributed by atoms with Crippen LogP contribution in [0.2, 0.25) is 10.0 Å². The van der Waals surface area contributed by atoms with Gasteiger partial charge in [-0.2, -0.15) is 0 Å². The highest BCUT2D eigenvalue weighted by Gasteiger charge is 2.24. The number of piperazine rings is 1. The Bertz CT molecular complexity index is 877. The van der Waals surface area contributed by atoms with Crippen LogP contribution in [0.15, 0.2) is 54.6 Å². The first-order chi connectivity index (χ1) is 13.5. The molecular weight excluding hydrogens is 397 g/mol. The third-order valence-electron chi connectivity index (χ3n) is 4.61. The molecule has 0 aliphatic carbocycles. The number of rotatable bonds is 5. The first-order valence-electron chi connectivity index (χ1n) is 9.12. The van der Waals surface area contributed by atoms with Crippen LogP contribution in [-0.4, -0.2) is 49.4 Å². The molecule has 1 aliphatic heterocycles. The van der Waals surface area contributed by atoms with Crippen LogP contribution in [0.3, 0.4) is 0 Å². The highest BCUT2D eigenvalue weighted by molar-refractivity contribution is 6.33. The summed E-state index contributed by atoms with van der Waals surface area (Å²) in [6, 6.07) is 14.5. The van der Waals surface area contributed by atoms with Crippen LogP contribution in [0.25, 0.3) is 6.08 Å². The molecule has 146 valence electrons. The van der Waals surface area contributed by atoms with Crippen molar-refractivity contribution < 1.29 is 14.5 Å². The number of carbonyl (C=O) groups is 2. The Morgan fingerprint density at radius 3 is 2.54 bits per heavy atom. The Balaban J connectivity index is 1.45. The van der Waals surface area contributed by atoms with Gasteiger partial charge in [-0.15, -0.1) is 0 Å². The molecule has 28 heavy (non-hydrogen) atoms. The molecule has 1 fully saturated rings. The van der Waals surface area contributed by atoms with Crippen LogP contribution in [-0.2, 0) is 9.59 Å². The summed E-state index contributed by atoms with van der Waals surface area (Å²) in [6.07, 6.45) is 3.34. The molecule has 0 spiro atoms. The van der Waals surface area contributed by atoms with Crippen LogP contribution in [0.5, 0.6) is 0 Å². The molecule has 0 saturated carbocycles. The van der Waals surface area contributed by atoms with Crippen molar-refractivity contribution in [3.63, 3.8) is 0 Å². The number of quaternary nitrogens is 1. The number of halogens is 2. The predicted molar refractivity (Wildman–Crippen MR) is 113 cm³/mol. The highest BCUT2D eigenvalue weighted by Crippen LogP contribution is 2.19. The third-order valence-corrected chi connectivity index (χ3v) is 5.17. The smallest absolute Gasteiger partial charge is 0.279 e. The summed E-state index contributed by atoms with van der Waals surface area (Å²) in [6.45, 7) is 3.05. The van der Waals surface area contributed by atoms with Crippen LogP contribution in [0.4, 0.5) is 5.69 Å². The minimum atomic E-state index is -0.0799. The van der Waals surface area contributed by atoms with Crippen LogP contribution in [0.1, 0.15) is 5.56 Å². The summed E-state index contributed by atoms with van der Waals surface area (Å²) in [4.78, 5) is 27.6. The molecular formula is C21H22Cl2N3O2+. The molecule has 7 heteroatoms. The molecule has 2 aromatic rings. The maximum absolute atomic E-state index is 12.4. The fraction of sp³-hybridized carbons (Fsp3) is 0.238. The standard InChI is InChI=1S/C21H21Cl2N3O2/c22-17-5-3-4-16(14-17)8-9-21(28)26-12-10-25(11-13-26)15-20(27)24-19-7-2-1-6-18(19)23/h1-9,14H,10-13,15H2,(H,24,27)/p+1/b9-8+. The van der Waals surface area contributed by atoms with Crippen molar-refractivity contribution in [1.29, 1.82) is 0 Å². The van der Waals surface area contributed by atoms with Gasteiger partial charge in [-0.05, 0) is 35.9 Å². The van der Waals surface area contributed by atoms with Gasteiger partial charge in [0.25, 0.3) is 5.91 Å². The van der Waals surface area contributed by atoms with E-state index in [9.17, 15) is 9.59 Å². The SMILES string of the molecule is O=C(C[NH+]1CCN(C(=O)/C=C/c2cccc(Cl)c2)CC1)Nc1ccccc1Cl. The monoisotopic (exact) mass is 418 g/mol. The molecule has 1 heterocycles. The van der Waals surface area contributed by atoms with Gasteiger partial charge in [0.2, 0.25) is 5.91 Å². The molecule has 2 amide bonds. The van der Waals surface area contributed by atoms with Gasteiger partial charge in [0.15, 0.2) is 6.54 Å². The lowest BCUT2D eigenvalue weighted by Gasteiger charge is -2.31. The molecule has 1 aliphatic rings. The van der Waals surface area contributed by atoms with Crippen molar-refractivity contribution >= 4 is 46.8 Å². The van der Waals surface area contributed by atoms with Crippen molar-refractivity contribution in [3.05, 3.63) is 70.2 Å². The zero-order valence-corrected chi connectivity index (χ0v) is 16.8. The van der Waals surface area contributed by atoms with Gasteiger partial charge in [-0.3, -0.25) is 9.59 Å². The largest absolute Gasteiger partial charge is 0.328 e. The second-order valence-corrected chi connectivity index (χ2v) is 7.51. The van der Waals surface area contributed by atoms with Crippen LogP contribution in [0, 0.1) is 0 Å². The van der Waals surface area contributed by atoms with Crippen molar-refractivity contribution in [2.75, 3.05) is 38.0 Å². The van der Waals surface area contributed by atoms with Crippen LogP contribution < -0.4 is 10.2 Å². The van der Waals surface area contributed by atoms with Gasteiger partial charge >= 0.3 is 0 Å². The summed E-state index contributed by atoms with van der Waals surface area (Å²) in [5, 5.41) is 4.00. The lowest BCUT2D eigenvalue weighted by atomic mass is 10.2. The zero-order valence-electron chi connectivity index (χ0n) is 15.3. The first kappa shape index (κ1) is 20.4. The first-order valence-corrected chi connectivity index (χ1v) is 9.87. The van der Waals surface area contributed by atoms with Gasteiger partial charge in [0, 0.05) is 11.1 Å². The highest BCUT2D eigenvalue weighted by atomic mass is 35.5. The molecule has 2 aromatic carbocycles. The van der Waals surface area contributed by atoms with Gasteiger partial charge < -0.3 is 15.1 Å². The van der Waals surface area contributed by atoms with Gasteiger partial charge in [-0.25, -0.2) is 0 Å². The van der Waals surface area contributed by atoms with Gasteiger partial charge in [0.1, 0.15) is 0 Å². The van der Waals surface area contributed by atoms with Gasteiger partial charge in [0.05, 0.1) is 36.9 Å². The molecule has 2 N–H and O–H groups in total. The molecule has 0 radical (unpaired) electrons. The lowest BCUT2D eigenvalue weighted by Crippen LogP contribution is -3.15. The Morgan fingerprint density at radius 2 is 1.82 bits per heavy atom. The number of hydrogen-bond acceptors (Lipinski definition) is 2. The second-order valence-electron chi connectivity index (χ2n) is 6.67. The van der Waals surface area contributed by atoms with E-state index in [1.165, 1.54) is 0 Å². The molecule has 3 rings (SSSR count). The predicted octanol–water partition coefficient (Wildman–Crippen LogP) is 2.37. The Labute approximate surface area is 174 Å². The number of hydrogen-bond donors (Lipinski definition) is 2. The third kappa shape index (κ3) is 5.83. The van der Waals surface area contributed by atoms with Crippen molar-refractivity contribution in [2.45, 2.75) is 0 Å². The minimum Gasteiger partial charge on any atom is -0.328 e. The van der Waals surface area contributed by atoms with E-state index in [1.54, 1.807) is 35.3 Å². The summed E-state index contributed by atoms with van der Waals surface area (Å²) in [5.41, 5.74) is 1.51. The number of nitrogens with zero attached hydrogens (tertiary/aromatic N) is 1.